The number of rotatable bonds is 3. The Bertz CT molecular complexity index is 440. The first kappa shape index (κ1) is 14.4. The average molecular weight is 293 g/mol. The predicted octanol–water partition coefficient (Wildman–Crippen LogP) is 3.14. The molecule has 3 nitrogen and oxygen atoms in total. The second kappa shape index (κ2) is 6.06. The molecule has 3 atom stereocenters. The molecule has 20 heavy (non-hydrogen) atoms. The van der Waals surface area contributed by atoms with E-state index in [1.165, 1.54) is 10.5 Å². The van der Waals surface area contributed by atoms with Crippen molar-refractivity contribution in [3.05, 3.63) is 29.8 Å². The van der Waals surface area contributed by atoms with Crippen LogP contribution in [0.2, 0.25) is 0 Å². The third-order valence-corrected chi connectivity index (χ3v) is 5.50. The predicted molar refractivity (Wildman–Crippen MR) is 82.0 cm³/mol. The molecule has 0 amide bonds. The molecule has 2 heterocycles. The van der Waals surface area contributed by atoms with Crippen LogP contribution in [0.15, 0.2) is 29.2 Å². The molecule has 1 aromatic rings. The number of hydrogen-bond acceptors (Lipinski definition) is 4. The zero-order chi connectivity index (χ0) is 14.0. The van der Waals surface area contributed by atoms with Gasteiger partial charge in [0, 0.05) is 35.8 Å². The maximum atomic E-state index is 5.99. The van der Waals surface area contributed by atoms with Crippen LogP contribution in [0.4, 0.5) is 0 Å². The molecule has 3 rings (SSSR count). The maximum Gasteiger partial charge on any atom is 0.0947 e. The Morgan fingerprint density at radius 1 is 1.30 bits per heavy atom. The van der Waals surface area contributed by atoms with Crippen molar-refractivity contribution in [3.8, 4) is 0 Å². The van der Waals surface area contributed by atoms with Crippen LogP contribution in [0.3, 0.4) is 0 Å². The van der Waals surface area contributed by atoms with E-state index in [-0.39, 0.29) is 11.6 Å². The number of thioether (sulfide) groups is 1. The topological polar surface area (TPSA) is 44.5 Å². The lowest BCUT2D eigenvalue weighted by Crippen LogP contribution is -2.41. The Morgan fingerprint density at radius 3 is 2.75 bits per heavy atom. The summed E-state index contributed by atoms with van der Waals surface area (Å²) in [4.78, 5) is 1.33. The molecule has 0 saturated carbocycles. The van der Waals surface area contributed by atoms with E-state index in [1.54, 1.807) is 0 Å². The van der Waals surface area contributed by atoms with Gasteiger partial charge in [-0.25, -0.2) is 0 Å². The van der Waals surface area contributed by atoms with Crippen LogP contribution in [0.1, 0.15) is 37.8 Å². The summed E-state index contributed by atoms with van der Waals surface area (Å²) >= 11 is 1.97. The summed E-state index contributed by atoms with van der Waals surface area (Å²) in [5.41, 5.74) is 7.09. The van der Waals surface area contributed by atoms with Crippen LogP contribution in [0.5, 0.6) is 0 Å². The highest BCUT2D eigenvalue weighted by Gasteiger charge is 2.41. The molecule has 2 aliphatic heterocycles. The van der Waals surface area contributed by atoms with E-state index in [0.717, 1.165) is 39.1 Å². The molecule has 0 radical (unpaired) electrons. The molecule has 1 spiro atoms. The third kappa shape index (κ3) is 3.19. The van der Waals surface area contributed by atoms with E-state index in [2.05, 4.69) is 24.3 Å². The molecule has 0 aromatic heterocycles. The summed E-state index contributed by atoms with van der Waals surface area (Å²) in [6.07, 6.45) is 3.28. The summed E-state index contributed by atoms with van der Waals surface area (Å²) in [5, 5.41) is 0.631. The highest BCUT2D eigenvalue weighted by molar-refractivity contribution is 8.00. The largest absolute Gasteiger partial charge is 0.378 e. The van der Waals surface area contributed by atoms with Gasteiger partial charge in [0.05, 0.1) is 12.2 Å². The van der Waals surface area contributed by atoms with E-state index in [4.69, 9.17) is 15.2 Å². The summed E-state index contributed by atoms with van der Waals surface area (Å²) < 4.78 is 11.5. The van der Waals surface area contributed by atoms with Crippen LogP contribution >= 0.6 is 11.8 Å². The first-order valence-electron chi connectivity index (χ1n) is 7.41. The molecule has 0 aliphatic carbocycles. The lowest BCUT2D eigenvalue weighted by molar-refractivity contribution is -0.0769. The molecule has 110 valence electrons. The monoisotopic (exact) mass is 293 g/mol. The minimum absolute atomic E-state index is 0.00162. The van der Waals surface area contributed by atoms with Crippen molar-refractivity contribution in [2.45, 2.75) is 48.0 Å². The van der Waals surface area contributed by atoms with Crippen molar-refractivity contribution in [2.75, 3.05) is 19.8 Å². The fourth-order valence-corrected chi connectivity index (χ4v) is 4.27. The molecule has 2 fully saturated rings. The minimum atomic E-state index is 0.00162. The van der Waals surface area contributed by atoms with E-state index < -0.39 is 0 Å². The first-order chi connectivity index (χ1) is 9.67. The van der Waals surface area contributed by atoms with Crippen molar-refractivity contribution < 1.29 is 9.47 Å². The van der Waals surface area contributed by atoms with E-state index >= 15 is 0 Å². The standard InChI is InChI=1S/C16H23NO2S/c1-12(17)13-2-4-14(5-3-13)20-15-6-8-19-16(10-15)7-9-18-11-16/h2-5,12,15H,6-11,17H2,1H3. The van der Waals surface area contributed by atoms with Gasteiger partial charge < -0.3 is 15.2 Å². The van der Waals surface area contributed by atoms with Crippen molar-refractivity contribution in [2.24, 2.45) is 5.73 Å². The highest BCUT2D eigenvalue weighted by Crippen LogP contribution is 2.40. The van der Waals surface area contributed by atoms with E-state index in [0.29, 0.717) is 5.25 Å². The van der Waals surface area contributed by atoms with Gasteiger partial charge in [-0.05, 0) is 37.5 Å². The zero-order valence-corrected chi connectivity index (χ0v) is 12.8. The van der Waals surface area contributed by atoms with Gasteiger partial charge in [0.2, 0.25) is 0 Å². The van der Waals surface area contributed by atoms with E-state index in [1.807, 2.05) is 18.7 Å². The normalized spacial score (nSPS) is 31.6. The Hall–Kier alpha value is -0.550. The molecule has 1 aromatic carbocycles. The number of nitrogens with two attached hydrogens (primary N) is 1. The van der Waals surface area contributed by atoms with Gasteiger partial charge >= 0.3 is 0 Å². The number of ether oxygens (including phenoxy) is 2. The summed E-state index contributed by atoms with van der Waals surface area (Å²) in [7, 11) is 0. The SMILES string of the molecule is CC(N)c1ccc(SC2CCOC3(CCOC3)C2)cc1. The summed E-state index contributed by atoms with van der Waals surface area (Å²) in [6, 6.07) is 8.77. The van der Waals surface area contributed by atoms with Gasteiger partial charge in [-0.15, -0.1) is 11.8 Å². The van der Waals surface area contributed by atoms with Gasteiger partial charge in [-0.1, -0.05) is 12.1 Å². The van der Waals surface area contributed by atoms with Crippen LogP contribution < -0.4 is 5.73 Å². The second-order valence-electron chi connectivity index (χ2n) is 5.92. The molecule has 2 aliphatic rings. The second-order valence-corrected chi connectivity index (χ2v) is 7.30. The fourth-order valence-electron chi connectivity index (χ4n) is 2.99. The lowest BCUT2D eigenvalue weighted by Gasteiger charge is -2.36. The van der Waals surface area contributed by atoms with Gasteiger partial charge in [-0.2, -0.15) is 0 Å². The summed E-state index contributed by atoms with van der Waals surface area (Å²) in [5.74, 6) is 0. The smallest absolute Gasteiger partial charge is 0.0947 e. The van der Waals surface area contributed by atoms with Gasteiger partial charge in [-0.3, -0.25) is 0 Å². The molecular formula is C16H23NO2S. The van der Waals surface area contributed by atoms with Crippen molar-refractivity contribution in [3.63, 3.8) is 0 Å². The number of benzene rings is 1. The molecule has 2 saturated heterocycles. The van der Waals surface area contributed by atoms with E-state index in [9.17, 15) is 0 Å². The number of hydrogen-bond donors (Lipinski definition) is 1. The summed E-state index contributed by atoms with van der Waals surface area (Å²) in [6.45, 7) is 4.50. The van der Waals surface area contributed by atoms with Crippen molar-refractivity contribution in [1.82, 2.24) is 0 Å². The van der Waals surface area contributed by atoms with Crippen LogP contribution in [0, 0.1) is 0 Å². The minimum Gasteiger partial charge on any atom is -0.378 e. The Labute approximate surface area is 125 Å². The maximum absolute atomic E-state index is 5.99. The van der Waals surface area contributed by atoms with Crippen LogP contribution in [0.25, 0.3) is 0 Å². The molecule has 3 unspecified atom stereocenters. The molecular weight excluding hydrogens is 270 g/mol. The first-order valence-corrected chi connectivity index (χ1v) is 8.29. The van der Waals surface area contributed by atoms with Crippen LogP contribution in [-0.2, 0) is 9.47 Å². The van der Waals surface area contributed by atoms with Gasteiger partial charge in [0.15, 0.2) is 0 Å². The zero-order valence-electron chi connectivity index (χ0n) is 12.0. The fraction of sp³-hybridized carbons (Fsp3) is 0.625. The van der Waals surface area contributed by atoms with Gasteiger partial charge in [0.25, 0.3) is 0 Å². The van der Waals surface area contributed by atoms with Gasteiger partial charge in [0.1, 0.15) is 0 Å². The quantitative estimate of drug-likeness (QED) is 0.930. The highest BCUT2D eigenvalue weighted by atomic mass is 32.2. The Balaban J connectivity index is 1.62. The molecule has 4 heteroatoms. The average Bonchev–Trinajstić information content (AvgIpc) is 2.87. The lowest BCUT2D eigenvalue weighted by atomic mass is 9.93. The molecule has 2 N–H and O–H groups in total. The molecule has 0 bridgehead atoms. The Kier molecular flexibility index (Phi) is 4.36. The third-order valence-electron chi connectivity index (χ3n) is 4.22. The Morgan fingerprint density at radius 2 is 2.10 bits per heavy atom. The van der Waals surface area contributed by atoms with Crippen molar-refractivity contribution >= 4 is 11.8 Å². The van der Waals surface area contributed by atoms with Crippen molar-refractivity contribution in [1.29, 1.82) is 0 Å². The van der Waals surface area contributed by atoms with Crippen LogP contribution in [-0.4, -0.2) is 30.7 Å².